The van der Waals surface area contributed by atoms with Crippen LogP contribution in [0.15, 0.2) is 0 Å². The van der Waals surface area contributed by atoms with Gasteiger partial charge >= 0.3 is 0 Å². The minimum atomic E-state index is -0.0613. The molecular weight excluding hydrogens is 150 g/mol. The van der Waals surface area contributed by atoms with Crippen LogP contribution in [-0.4, -0.2) is 24.5 Å². The number of rotatable bonds is 4. The highest BCUT2D eigenvalue weighted by Gasteiger charge is 1.93. The number of thiol groups is 1. The molecule has 0 aliphatic rings. The van der Waals surface area contributed by atoms with E-state index in [9.17, 15) is 4.79 Å². The number of carbonyl (C=O) groups is 1. The average molecular weight is 163 g/mol. The lowest BCUT2D eigenvalue weighted by atomic mass is 10.6. The van der Waals surface area contributed by atoms with E-state index in [2.05, 4.69) is 17.9 Å². The van der Waals surface area contributed by atoms with E-state index in [0.29, 0.717) is 13.2 Å². The molecule has 0 aliphatic carbocycles. The van der Waals surface area contributed by atoms with E-state index in [1.807, 2.05) is 6.92 Å². The third-order valence-corrected chi connectivity index (χ3v) is 0.984. The van der Waals surface area contributed by atoms with Crippen LogP contribution in [0, 0.1) is 0 Å². The van der Waals surface area contributed by atoms with Crippen LogP contribution in [0.1, 0.15) is 13.8 Å². The largest absolute Gasteiger partial charge is 0.366 e. The summed E-state index contributed by atoms with van der Waals surface area (Å²) in [5, 5.41) is 2.60. The summed E-state index contributed by atoms with van der Waals surface area (Å²) in [5.41, 5.74) is -0.0613. The first kappa shape index (κ1) is 9.78. The van der Waals surface area contributed by atoms with Crippen LogP contribution in [-0.2, 0) is 9.53 Å². The van der Waals surface area contributed by atoms with Gasteiger partial charge in [-0.3, -0.25) is 4.79 Å². The van der Waals surface area contributed by atoms with Gasteiger partial charge in [0, 0.05) is 13.5 Å². The van der Waals surface area contributed by atoms with Gasteiger partial charge < -0.3 is 10.1 Å². The standard InChI is InChI=1S/C6H13NO2S/c1-5(8)7-3-4-9-6(2)10/h6,10H,3-4H2,1-2H3,(H,7,8). The van der Waals surface area contributed by atoms with Crippen LogP contribution < -0.4 is 5.32 Å². The van der Waals surface area contributed by atoms with Crippen molar-refractivity contribution in [3.63, 3.8) is 0 Å². The second-order valence-corrected chi connectivity index (χ2v) is 2.68. The summed E-state index contributed by atoms with van der Waals surface area (Å²) in [4.78, 5) is 10.3. The molecule has 0 bridgehead atoms. The molecule has 1 amide bonds. The predicted octanol–water partition coefficient (Wildman–Crippen LogP) is 0.415. The normalized spacial score (nSPS) is 12.7. The van der Waals surface area contributed by atoms with Crippen molar-refractivity contribution < 1.29 is 9.53 Å². The molecule has 0 aromatic heterocycles. The van der Waals surface area contributed by atoms with Crippen molar-refractivity contribution in [2.75, 3.05) is 13.2 Å². The second kappa shape index (κ2) is 5.56. The summed E-state index contributed by atoms with van der Waals surface area (Å²) in [6.45, 7) is 4.38. The van der Waals surface area contributed by atoms with Crippen molar-refractivity contribution in [2.45, 2.75) is 19.3 Å². The fourth-order valence-electron chi connectivity index (χ4n) is 0.457. The maximum absolute atomic E-state index is 10.3. The molecule has 0 aromatic rings. The van der Waals surface area contributed by atoms with Crippen LogP contribution in [0.3, 0.4) is 0 Å². The van der Waals surface area contributed by atoms with Gasteiger partial charge in [0.15, 0.2) is 0 Å². The number of nitrogens with one attached hydrogen (secondary N) is 1. The van der Waals surface area contributed by atoms with Gasteiger partial charge in [0.1, 0.15) is 0 Å². The molecule has 0 rings (SSSR count). The van der Waals surface area contributed by atoms with Crippen molar-refractivity contribution in [2.24, 2.45) is 0 Å². The third kappa shape index (κ3) is 7.78. The Morgan fingerprint density at radius 1 is 1.80 bits per heavy atom. The molecule has 0 aliphatic heterocycles. The minimum Gasteiger partial charge on any atom is -0.366 e. The summed E-state index contributed by atoms with van der Waals surface area (Å²) in [7, 11) is 0. The SMILES string of the molecule is CC(=O)NCCOC(C)S. The molecule has 0 heterocycles. The first-order chi connectivity index (χ1) is 4.63. The van der Waals surface area contributed by atoms with E-state index >= 15 is 0 Å². The first-order valence-corrected chi connectivity index (χ1v) is 3.68. The fraction of sp³-hybridized carbons (Fsp3) is 0.833. The quantitative estimate of drug-likeness (QED) is 0.358. The molecule has 10 heavy (non-hydrogen) atoms. The van der Waals surface area contributed by atoms with Crippen LogP contribution in [0.25, 0.3) is 0 Å². The van der Waals surface area contributed by atoms with E-state index < -0.39 is 0 Å². The van der Waals surface area contributed by atoms with Crippen LogP contribution >= 0.6 is 12.6 Å². The molecule has 0 spiro atoms. The molecule has 60 valence electrons. The summed E-state index contributed by atoms with van der Waals surface area (Å²) >= 11 is 3.99. The summed E-state index contributed by atoms with van der Waals surface area (Å²) < 4.78 is 5.04. The molecule has 3 nitrogen and oxygen atoms in total. The monoisotopic (exact) mass is 163 g/mol. The Hall–Kier alpha value is -0.220. The number of carbonyl (C=O) groups excluding carboxylic acids is 1. The van der Waals surface area contributed by atoms with Crippen molar-refractivity contribution in [3.05, 3.63) is 0 Å². The minimum absolute atomic E-state index is 0.0320. The van der Waals surface area contributed by atoms with E-state index in [1.165, 1.54) is 6.92 Å². The Balaban J connectivity index is 2.98. The Morgan fingerprint density at radius 2 is 2.40 bits per heavy atom. The van der Waals surface area contributed by atoms with Crippen molar-refractivity contribution in [1.82, 2.24) is 5.32 Å². The van der Waals surface area contributed by atoms with Gasteiger partial charge in [-0.25, -0.2) is 0 Å². The molecule has 1 atom stereocenters. The summed E-state index contributed by atoms with van der Waals surface area (Å²) in [6.07, 6.45) is 0. The number of ether oxygens (including phenoxy) is 1. The molecule has 4 heteroatoms. The molecule has 0 aromatic carbocycles. The Labute approximate surface area is 66.5 Å². The Morgan fingerprint density at radius 3 is 2.80 bits per heavy atom. The maximum Gasteiger partial charge on any atom is 0.216 e. The zero-order valence-electron chi connectivity index (χ0n) is 6.26. The molecule has 0 fully saturated rings. The molecule has 0 saturated carbocycles. The van der Waals surface area contributed by atoms with E-state index in [0.717, 1.165) is 0 Å². The van der Waals surface area contributed by atoms with E-state index in [-0.39, 0.29) is 11.3 Å². The van der Waals surface area contributed by atoms with E-state index in [1.54, 1.807) is 0 Å². The first-order valence-electron chi connectivity index (χ1n) is 3.17. The van der Waals surface area contributed by atoms with Crippen molar-refractivity contribution in [1.29, 1.82) is 0 Å². The average Bonchev–Trinajstić information content (AvgIpc) is 1.79. The van der Waals surface area contributed by atoms with Crippen LogP contribution in [0.4, 0.5) is 0 Å². The molecule has 1 unspecified atom stereocenters. The van der Waals surface area contributed by atoms with Gasteiger partial charge in [-0.15, -0.1) is 12.6 Å². The van der Waals surface area contributed by atoms with Gasteiger partial charge in [0.2, 0.25) is 5.91 Å². The van der Waals surface area contributed by atoms with Gasteiger partial charge in [-0.05, 0) is 6.92 Å². The highest BCUT2D eigenvalue weighted by atomic mass is 32.1. The van der Waals surface area contributed by atoms with Gasteiger partial charge in [0.05, 0.1) is 12.0 Å². The third-order valence-electron chi connectivity index (χ3n) is 0.835. The number of amides is 1. The summed E-state index contributed by atoms with van der Waals surface area (Å²) in [5.74, 6) is -0.0320. The summed E-state index contributed by atoms with van der Waals surface area (Å²) in [6, 6.07) is 0. The van der Waals surface area contributed by atoms with E-state index in [4.69, 9.17) is 4.74 Å². The lowest BCUT2D eigenvalue weighted by Gasteiger charge is -2.05. The predicted molar refractivity (Wildman–Crippen MR) is 43.1 cm³/mol. The lowest BCUT2D eigenvalue weighted by Crippen LogP contribution is -2.25. The van der Waals surface area contributed by atoms with Crippen molar-refractivity contribution >= 4 is 18.5 Å². The Kier molecular flexibility index (Phi) is 5.43. The number of hydrogen-bond donors (Lipinski definition) is 2. The highest BCUT2D eigenvalue weighted by Crippen LogP contribution is 1.92. The molecular formula is C6H13NO2S. The maximum atomic E-state index is 10.3. The van der Waals surface area contributed by atoms with Crippen LogP contribution in [0.2, 0.25) is 0 Å². The van der Waals surface area contributed by atoms with Crippen LogP contribution in [0.5, 0.6) is 0 Å². The topological polar surface area (TPSA) is 38.3 Å². The smallest absolute Gasteiger partial charge is 0.216 e. The zero-order chi connectivity index (χ0) is 7.98. The molecule has 0 saturated heterocycles. The van der Waals surface area contributed by atoms with Gasteiger partial charge in [0.25, 0.3) is 0 Å². The molecule has 0 radical (unpaired) electrons. The fourth-order valence-corrected chi connectivity index (χ4v) is 0.562. The zero-order valence-corrected chi connectivity index (χ0v) is 7.15. The second-order valence-electron chi connectivity index (χ2n) is 1.95. The lowest BCUT2D eigenvalue weighted by molar-refractivity contribution is -0.119. The molecule has 1 N–H and O–H groups in total. The van der Waals surface area contributed by atoms with Gasteiger partial charge in [-0.2, -0.15) is 0 Å². The Bertz CT molecular complexity index is 106. The van der Waals surface area contributed by atoms with Crippen molar-refractivity contribution in [3.8, 4) is 0 Å². The number of hydrogen-bond acceptors (Lipinski definition) is 3. The van der Waals surface area contributed by atoms with Gasteiger partial charge in [-0.1, -0.05) is 0 Å². The highest BCUT2D eigenvalue weighted by molar-refractivity contribution is 7.80.